The Labute approximate surface area is 198 Å². The number of methoxy groups -OCH3 is 4. The molecule has 0 heterocycles. The van der Waals surface area contributed by atoms with Crippen LogP contribution >= 0.6 is 0 Å². The number of nitrogens with one attached hydrogen (secondary N) is 1. The molecule has 0 amide bonds. The maximum Gasteiger partial charge on any atom is 0.203 e. The van der Waals surface area contributed by atoms with Gasteiger partial charge >= 0.3 is 0 Å². The molecule has 7 nitrogen and oxygen atoms in total. The highest BCUT2D eigenvalue weighted by molar-refractivity contribution is 6.05. The summed E-state index contributed by atoms with van der Waals surface area (Å²) in [6, 6.07) is 15.9. The van der Waals surface area contributed by atoms with Crippen LogP contribution in [0.5, 0.6) is 28.7 Å². The summed E-state index contributed by atoms with van der Waals surface area (Å²) in [5, 5.41) is 13.0. The van der Waals surface area contributed by atoms with E-state index in [1.165, 1.54) is 19.3 Å². The molecule has 0 aliphatic rings. The predicted octanol–water partition coefficient (Wildman–Crippen LogP) is 5.41. The molecular weight excluding hydrogens is 434 g/mol. The maximum atomic E-state index is 12.4. The molecule has 0 atom stereocenters. The molecule has 3 aromatic rings. The summed E-state index contributed by atoms with van der Waals surface area (Å²) >= 11 is 0. The standard InChI is InChI=1S/C27H27NO6/c1-31-24-12-11-20(17-23(24)30)22(29)13-14-28-21-8-6-5-7-19(21)10-9-18-15-25(32-2)27(34-4)26(16-18)33-3/h5-17,28,30H,1-4H3. The highest BCUT2D eigenvalue weighted by Gasteiger charge is 2.12. The lowest BCUT2D eigenvalue weighted by Gasteiger charge is -2.13. The molecule has 3 rings (SSSR count). The van der Waals surface area contributed by atoms with Gasteiger partial charge in [0.2, 0.25) is 5.75 Å². The van der Waals surface area contributed by atoms with Crippen molar-refractivity contribution >= 4 is 23.6 Å². The molecule has 0 spiro atoms. The number of allylic oxidation sites excluding steroid dienone is 1. The minimum Gasteiger partial charge on any atom is -0.504 e. The van der Waals surface area contributed by atoms with E-state index in [2.05, 4.69) is 5.32 Å². The first-order chi connectivity index (χ1) is 16.5. The van der Waals surface area contributed by atoms with Gasteiger partial charge in [0.15, 0.2) is 28.8 Å². The molecule has 0 saturated heterocycles. The average Bonchev–Trinajstić information content (AvgIpc) is 2.87. The van der Waals surface area contributed by atoms with Crippen LogP contribution in [0.2, 0.25) is 0 Å². The number of aromatic hydroxyl groups is 1. The molecule has 0 aliphatic heterocycles. The lowest BCUT2D eigenvalue weighted by atomic mass is 10.1. The number of phenolic OH excluding ortho intramolecular Hbond substituents is 1. The van der Waals surface area contributed by atoms with Gasteiger partial charge < -0.3 is 29.4 Å². The van der Waals surface area contributed by atoms with Gasteiger partial charge in [0, 0.05) is 23.5 Å². The predicted molar refractivity (Wildman–Crippen MR) is 133 cm³/mol. The van der Waals surface area contributed by atoms with Crippen molar-refractivity contribution in [2.24, 2.45) is 0 Å². The number of rotatable bonds is 10. The van der Waals surface area contributed by atoms with Crippen molar-refractivity contribution in [3.8, 4) is 28.7 Å². The SMILES string of the molecule is COc1ccc(C(=O)C=CNc2ccccc2C=Cc2cc(OC)c(OC)c(OC)c2)cc1O. The van der Waals surface area contributed by atoms with Crippen LogP contribution in [0.3, 0.4) is 0 Å². The number of ether oxygens (including phenoxy) is 4. The van der Waals surface area contributed by atoms with E-state index in [1.807, 2.05) is 48.6 Å². The topological polar surface area (TPSA) is 86.3 Å². The second-order valence-corrected chi connectivity index (χ2v) is 7.11. The third-order valence-electron chi connectivity index (χ3n) is 5.04. The second kappa shape index (κ2) is 11.5. The third kappa shape index (κ3) is 5.69. The number of hydrogen-bond acceptors (Lipinski definition) is 7. The van der Waals surface area contributed by atoms with Crippen LogP contribution in [0.4, 0.5) is 5.69 Å². The Morgan fingerprint density at radius 2 is 1.50 bits per heavy atom. The van der Waals surface area contributed by atoms with Crippen LogP contribution < -0.4 is 24.3 Å². The van der Waals surface area contributed by atoms with Gasteiger partial charge in [-0.2, -0.15) is 0 Å². The van der Waals surface area contributed by atoms with E-state index in [1.54, 1.807) is 39.7 Å². The normalized spacial score (nSPS) is 10.9. The number of benzene rings is 3. The van der Waals surface area contributed by atoms with Crippen molar-refractivity contribution in [3.05, 3.63) is 83.6 Å². The summed E-state index contributed by atoms with van der Waals surface area (Å²) < 4.78 is 21.2. The summed E-state index contributed by atoms with van der Waals surface area (Å²) in [4.78, 5) is 12.4. The van der Waals surface area contributed by atoms with Crippen LogP contribution in [-0.2, 0) is 0 Å². The molecule has 0 fully saturated rings. The Morgan fingerprint density at radius 3 is 2.12 bits per heavy atom. The van der Waals surface area contributed by atoms with Gasteiger partial charge in [-0.05, 0) is 47.5 Å². The van der Waals surface area contributed by atoms with Crippen LogP contribution in [0, 0.1) is 0 Å². The van der Waals surface area contributed by atoms with Gasteiger partial charge in [0.25, 0.3) is 0 Å². The van der Waals surface area contributed by atoms with Crippen molar-refractivity contribution in [3.63, 3.8) is 0 Å². The molecule has 7 heteroatoms. The van der Waals surface area contributed by atoms with Crippen molar-refractivity contribution in [1.29, 1.82) is 0 Å². The van der Waals surface area contributed by atoms with Crippen molar-refractivity contribution in [2.45, 2.75) is 0 Å². The van der Waals surface area contributed by atoms with Gasteiger partial charge in [-0.3, -0.25) is 4.79 Å². The largest absolute Gasteiger partial charge is 0.504 e. The number of ketones is 1. The van der Waals surface area contributed by atoms with Crippen molar-refractivity contribution in [2.75, 3.05) is 33.8 Å². The Kier molecular flexibility index (Phi) is 8.18. The van der Waals surface area contributed by atoms with Crippen LogP contribution in [0.1, 0.15) is 21.5 Å². The molecule has 176 valence electrons. The molecule has 0 radical (unpaired) electrons. The molecule has 3 aromatic carbocycles. The fourth-order valence-corrected chi connectivity index (χ4v) is 3.30. The highest BCUT2D eigenvalue weighted by Crippen LogP contribution is 2.38. The van der Waals surface area contributed by atoms with E-state index < -0.39 is 0 Å². The number of anilines is 1. The van der Waals surface area contributed by atoms with E-state index in [9.17, 15) is 9.90 Å². The van der Waals surface area contributed by atoms with E-state index in [0.29, 0.717) is 28.6 Å². The zero-order chi connectivity index (χ0) is 24.5. The first-order valence-electron chi connectivity index (χ1n) is 10.4. The maximum absolute atomic E-state index is 12.4. The molecule has 34 heavy (non-hydrogen) atoms. The van der Waals surface area contributed by atoms with Gasteiger partial charge in [-0.15, -0.1) is 0 Å². The summed E-state index contributed by atoms with van der Waals surface area (Å²) in [5.74, 6) is 1.64. The second-order valence-electron chi connectivity index (χ2n) is 7.11. The highest BCUT2D eigenvalue weighted by atomic mass is 16.5. The Bertz CT molecular complexity index is 1190. The summed E-state index contributed by atoms with van der Waals surface area (Å²) in [6.07, 6.45) is 6.84. The summed E-state index contributed by atoms with van der Waals surface area (Å²) in [7, 11) is 6.16. The van der Waals surface area contributed by atoms with Crippen LogP contribution in [-0.4, -0.2) is 39.3 Å². The fraction of sp³-hybridized carbons (Fsp3) is 0.148. The first kappa shape index (κ1) is 24.3. The molecule has 0 aliphatic carbocycles. The lowest BCUT2D eigenvalue weighted by molar-refractivity contribution is 0.104. The molecule has 0 bridgehead atoms. The number of hydrogen-bond donors (Lipinski definition) is 2. The Hall–Kier alpha value is -4.39. The zero-order valence-corrected chi connectivity index (χ0v) is 19.5. The van der Waals surface area contributed by atoms with Crippen LogP contribution in [0.15, 0.2) is 66.9 Å². The number of phenols is 1. The number of para-hydroxylation sites is 1. The fourth-order valence-electron chi connectivity index (χ4n) is 3.30. The number of carbonyl (C=O) groups excluding carboxylic acids is 1. The third-order valence-corrected chi connectivity index (χ3v) is 5.04. The van der Waals surface area contributed by atoms with E-state index in [0.717, 1.165) is 16.8 Å². The van der Waals surface area contributed by atoms with Gasteiger partial charge in [0.1, 0.15) is 0 Å². The van der Waals surface area contributed by atoms with Gasteiger partial charge in [-0.25, -0.2) is 0 Å². The van der Waals surface area contributed by atoms with Crippen molar-refractivity contribution < 1.29 is 28.8 Å². The molecule has 0 unspecified atom stereocenters. The van der Waals surface area contributed by atoms with Gasteiger partial charge in [0.05, 0.1) is 28.4 Å². The smallest absolute Gasteiger partial charge is 0.203 e. The Morgan fingerprint density at radius 1 is 0.824 bits per heavy atom. The zero-order valence-electron chi connectivity index (χ0n) is 19.5. The summed E-state index contributed by atoms with van der Waals surface area (Å²) in [6.45, 7) is 0. The van der Waals surface area contributed by atoms with Gasteiger partial charge in [-0.1, -0.05) is 30.4 Å². The minimum absolute atomic E-state index is 0.0861. The van der Waals surface area contributed by atoms with Crippen LogP contribution in [0.25, 0.3) is 12.2 Å². The van der Waals surface area contributed by atoms with E-state index in [4.69, 9.17) is 18.9 Å². The average molecular weight is 462 g/mol. The van der Waals surface area contributed by atoms with E-state index >= 15 is 0 Å². The van der Waals surface area contributed by atoms with Crippen molar-refractivity contribution in [1.82, 2.24) is 0 Å². The monoisotopic (exact) mass is 461 g/mol. The first-order valence-corrected chi connectivity index (χ1v) is 10.4. The number of carbonyl (C=O) groups is 1. The Balaban J connectivity index is 1.77. The minimum atomic E-state index is -0.254. The van der Waals surface area contributed by atoms with E-state index in [-0.39, 0.29) is 11.5 Å². The quantitative estimate of drug-likeness (QED) is 0.237. The lowest BCUT2D eigenvalue weighted by Crippen LogP contribution is -1.97. The molecule has 0 saturated carbocycles. The molecular formula is C27H27NO6. The molecule has 2 N–H and O–H groups in total. The molecule has 0 aromatic heterocycles. The summed E-state index contributed by atoms with van der Waals surface area (Å²) in [5.41, 5.74) is 2.95.